The molecule has 1 saturated carbocycles. The highest BCUT2D eigenvalue weighted by molar-refractivity contribution is 6.39. The van der Waals surface area contributed by atoms with Crippen LogP contribution in [-0.4, -0.2) is 59.2 Å². The van der Waals surface area contributed by atoms with Crippen LogP contribution in [0.25, 0.3) is 10.9 Å². The summed E-state index contributed by atoms with van der Waals surface area (Å²) in [6, 6.07) is 13.5. The van der Waals surface area contributed by atoms with Gasteiger partial charge in [-0.1, -0.05) is 47.5 Å². The molecule has 6 rings (SSSR count). The Bertz CT molecular complexity index is 1870. The van der Waals surface area contributed by atoms with Crippen molar-refractivity contribution in [2.75, 3.05) is 37.0 Å². The zero-order valence-electron chi connectivity index (χ0n) is 24.6. The Kier molecular flexibility index (Phi) is 8.37. The van der Waals surface area contributed by atoms with Crippen LogP contribution in [0.4, 0.5) is 21.5 Å². The summed E-state index contributed by atoms with van der Waals surface area (Å²) in [6.45, 7) is 2.88. The van der Waals surface area contributed by atoms with Crippen molar-refractivity contribution in [1.82, 2.24) is 9.47 Å². The predicted octanol–water partition coefficient (Wildman–Crippen LogP) is 6.51. The number of ether oxygens (including phenoxy) is 1. The van der Waals surface area contributed by atoms with Crippen LogP contribution < -0.4 is 20.4 Å². The number of carbonyl (C=O) groups is 2. The highest BCUT2D eigenvalue weighted by Gasteiger charge is 2.34. The Morgan fingerprint density at radius 2 is 1.80 bits per heavy atom. The number of amides is 1. The Balaban J connectivity index is 1.26. The van der Waals surface area contributed by atoms with E-state index in [4.69, 9.17) is 27.9 Å². The normalized spacial score (nSPS) is 16.6. The maximum atomic E-state index is 15.8. The zero-order chi connectivity index (χ0) is 32.0. The molecule has 1 unspecified atom stereocenters. The third-order valence-corrected chi connectivity index (χ3v) is 9.05. The van der Waals surface area contributed by atoms with Gasteiger partial charge in [-0.2, -0.15) is 0 Å². The summed E-state index contributed by atoms with van der Waals surface area (Å²) in [4.78, 5) is 42.1. The number of hydrogen-bond donors (Lipinski definition) is 2. The van der Waals surface area contributed by atoms with Crippen molar-refractivity contribution in [3.63, 3.8) is 0 Å². The monoisotopic (exact) mass is 652 g/mol. The fraction of sp³-hybridized carbons (Fsp3) is 0.303. The first-order valence-corrected chi connectivity index (χ1v) is 15.4. The molecule has 1 aliphatic carbocycles. The molecule has 1 atom stereocenters. The summed E-state index contributed by atoms with van der Waals surface area (Å²) in [7, 11) is 1.41. The second kappa shape index (κ2) is 12.3. The number of pyridine rings is 1. The molecule has 2 N–H and O–H groups in total. The third kappa shape index (κ3) is 5.80. The number of carboxylic acid groups (broad SMARTS) is 1. The molecule has 45 heavy (non-hydrogen) atoms. The number of halogens is 3. The molecule has 0 spiro atoms. The minimum absolute atomic E-state index is 0.00175. The molecular formula is C33H31Cl2FN4O5. The van der Waals surface area contributed by atoms with Gasteiger partial charge in [-0.25, -0.2) is 9.18 Å². The third-order valence-electron chi connectivity index (χ3n) is 8.42. The minimum atomic E-state index is -1.36. The van der Waals surface area contributed by atoms with Crippen LogP contribution in [0.2, 0.25) is 10.0 Å². The topological polar surface area (TPSA) is 104 Å². The number of nitrogens with zero attached hydrogens (tertiary/aromatic N) is 3. The van der Waals surface area contributed by atoms with Crippen LogP contribution >= 0.6 is 23.2 Å². The molecule has 1 amide bonds. The van der Waals surface area contributed by atoms with Crippen molar-refractivity contribution >= 4 is 63.0 Å². The van der Waals surface area contributed by atoms with Gasteiger partial charge in [-0.15, -0.1) is 0 Å². The van der Waals surface area contributed by atoms with Crippen molar-refractivity contribution < 1.29 is 23.8 Å². The van der Waals surface area contributed by atoms with E-state index in [0.29, 0.717) is 46.6 Å². The van der Waals surface area contributed by atoms with Crippen LogP contribution in [0, 0.1) is 5.82 Å². The summed E-state index contributed by atoms with van der Waals surface area (Å²) in [5.41, 5.74) is 1.44. The number of carboxylic acids is 1. The van der Waals surface area contributed by atoms with Gasteiger partial charge in [0.25, 0.3) is 0 Å². The first-order valence-electron chi connectivity index (χ1n) is 14.6. The number of benzene rings is 3. The van der Waals surface area contributed by atoms with E-state index in [9.17, 15) is 19.5 Å². The average Bonchev–Trinajstić information content (AvgIpc) is 3.85. The Morgan fingerprint density at radius 3 is 2.44 bits per heavy atom. The van der Waals surface area contributed by atoms with Crippen LogP contribution in [0.1, 0.15) is 41.7 Å². The van der Waals surface area contributed by atoms with E-state index in [-0.39, 0.29) is 41.2 Å². The maximum absolute atomic E-state index is 15.8. The molecule has 1 aliphatic heterocycles. The van der Waals surface area contributed by atoms with Crippen LogP contribution in [0.3, 0.4) is 0 Å². The van der Waals surface area contributed by atoms with Gasteiger partial charge >= 0.3 is 5.97 Å². The number of anilines is 3. The van der Waals surface area contributed by atoms with Gasteiger partial charge in [-0.3, -0.25) is 9.59 Å². The first-order chi connectivity index (χ1) is 21.6. The molecule has 3 aromatic carbocycles. The molecule has 1 saturated heterocycles. The molecule has 12 heteroatoms. The van der Waals surface area contributed by atoms with Gasteiger partial charge in [0.15, 0.2) is 11.6 Å². The molecular weight excluding hydrogens is 622 g/mol. The number of aromatic nitrogens is 1. The number of methoxy groups -OCH3 is 1. The minimum Gasteiger partial charge on any atom is -0.492 e. The number of nitrogens with one attached hydrogen (secondary N) is 1. The summed E-state index contributed by atoms with van der Waals surface area (Å²) in [5.74, 6) is -1.96. The van der Waals surface area contributed by atoms with E-state index >= 15 is 4.39 Å². The quantitative estimate of drug-likeness (QED) is 0.224. The second-order valence-electron chi connectivity index (χ2n) is 11.4. The molecule has 0 bridgehead atoms. The zero-order valence-corrected chi connectivity index (χ0v) is 26.2. The smallest absolute Gasteiger partial charge is 0.341 e. The van der Waals surface area contributed by atoms with Crippen LogP contribution in [0.5, 0.6) is 5.75 Å². The highest BCUT2D eigenvalue weighted by Crippen LogP contribution is 2.44. The van der Waals surface area contributed by atoms with E-state index in [1.165, 1.54) is 13.3 Å². The predicted molar refractivity (Wildman–Crippen MR) is 173 cm³/mol. The van der Waals surface area contributed by atoms with Crippen LogP contribution in [-0.2, 0) is 11.2 Å². The lowest BCUT2D eigenvalue weighted by atomic mass is 10.0. The second-order valence-corrected chi connectivity index (χ2v) is 12.2. The number of para-hydroxylation sites is 2. The number of fused-ring (bicyclic) bond motifs is 1. The molecule has 234 valence electrons. The lowest BCUT2D eigenvalue weighted by Crippen LogP contribution is -2.54. The molecule has 2 aliphatic rings. The number of rotatable bonds is 8. The maximum Gasteiger partial charge on any atom is 0.341 e. The SMILES string of the molecule is COc1c(N2CCN(C(=O)Cc3ccccc3Nc3c(Cl)cccc3Cl)C(C)C2)c(F)cc2c(=O)c(C(=O)O)cn(C3CC3)c12. The van der Waals surface area contributed by atoms with Crippen LogP contribution in [0.15, 0.2) is 59.5 Å². The van der Waals surface area contributed by atoms with Gasteiger partial charge in [0, 0.05) is 43.6 Å². The Morgan fingerprint density at radius 1 is 1.09 bits per heavy atom. The largest absolute Gasteiger partial charge is 0.492 e. The fourth-order valence-corrected chi connectivity index (χ4v) is 6.56. The van der Waals surface area contributed by atoms with Gasteiger partial charge in [0.1, 0.15) is 11.3 Å². The molecule has 1 aromatic heterocycles. The van der Waals surface area contributed by atoms with Crippen molar-refractivity contribution in [3.8, 4) is 5.75 Å². The van der Waals surface area contributed by atoms with E-state index in [1.807, 2.05) is 36.1 Å². The highest BCUT2D eigenvalue weighted by atomic mass is 35.5. The molecule has 2 heterocycles. The van der Waals surface area contributed by atoms with E-state index in [0.717, 1.165) is 24.5 Å². The first kappa shape index (κ1) is 30.7. The number of aromatic carboxylic acids is 1. The van der Waals surface area contributed by atoms with Gasteiger partial charge in [0.05, 0.1) is 40.2 Å². The number of hydrogen-bond acceptors (Lipinski definition) is 6. The fourth-order valence-electron chi connectivity index (χ4n) is 6.07. The van der Waals surface area contributed by atoms with E-state index in [1.54, 1.807) is 27.7 Å². The van der Waals surface area contributed by atoms with E-state index < -0.39 is 22.8 Å². The van der Waals surface area contributed by atoms with E-state index in [2.05, 4.69) is 5.32 Å². The summed E-state index contributed by atoms with van der Waals surface area (Å²) < 4.78 is 23.3. The Hall–Kier alpha value is -4.28. The number of piperazine rings is 1. The molecule has 4 aromatic rings. The van der Waals surface area contributed by atoms with Gasteiger partial charge in [-0.05, 0) is 49.6 Å². The Labute approximate surface area is 268 Å². The lowest BCUT2D eigenvalue weighted by Gasteiger charge is -2.41. The molecule has 9 nitrogen and oxygen atoms in total. The van der Waals surface area contributed by atoms with Crippen molar-refractivity contribution in [2.45, 2.75) is 38.3 Å². The van der Waals surface area contributed by atoms with Crippen molar-refractivity contribution in [1.29, 1.82) is 0 Å². The average molecular weight is 654 g/mol. The standard InChI is InChI=1S/C33H31Cl2FN4O5/c1-18-16-38(30-25(36)15-21-29(32(30)45-2)40(20-10-11-20)17-22(31(21)42)33(43)44)12-13-39(18)27(41)14-19-6-3-4-9-26(19)37-28-23(34)7-5-8-24(28)35/h3-9,15,17-18,20,37H,10-14,16H2,1-2H3,(H,43,44). The lowest BCUT2D eigenvalue weighted by molar-refractivity contribution is -0.132. The van der Waals surface area contributed by atoms with Crippen molar-refractivity contribution in [2.24, 2.45) is 0 Å². The summed E-state index contributed by atoms with van der Waals surface area (Å²) in [6.07, 6.45) is 3.09. The van der Waals surface area contributed by atoms with Crippen molar-refractivity contribution in [3.05, 3.63) is 91.9 Å². The summed E-state index contributed by atoms with van der Waals surface area (Å²) in [5, 5.41) is 13.8. The van der Waals surface area contributed by atoms with Gasteiger partial charge in [0.2, 0.25) is 11.3 Å². The number of carbonyl (C=O) groups excluding carboxylic acids is 1. The van der Waals surface area contributed by atoms with Gasteiger partial charge < -0.3 is 29.5 Å². The molecule has 2 fully saturated rings. The summed E-state index contributed by atoms with van der Waals surface area (Å²) >= 11 is 12.7. The molecule has 0 radical (unpaired) electrons.